The SMILES string of the molecule is CCCCN(CC)C(=O)CCNC(=O)Cn1cnc2ccccc2c1=O. The van der Waals surface area contributed by atoms with E-state index in [1.165, 1.54) is 10.9 Å². The average Bonchev–Trinajstić information content (AvgIpc) is 2.65. The Labute approximate surface area is 153 Å². The van der Waals surface area contributed by atoms with E-state index in [0.29, 0.717) is 17.4 Å². The highest BCUT2D eigenvalue weighted by atomic mass is 16.2. The molecule has 140 valence electrons. The van der Waals surface area contributed by atoms with Crippen molar-refractivity contribution < 1.29 is 9.59 Å². The van der Waals surface area contributed by atoms with Gasteiger partial charge in [0.15, 0.2) is 0 Å². The summed E-state index contributed by atoms with van der Waals surface area (Å²) in [5.74, 6) is -0.278. The molecule has 1 N–H and O–H groups in total. The quantitative estimate of drug-likeness (QED) is 0.737. The lowest BCUT2D eigenvalue weighted by Gasteiger charge is -2.20. The Morgan fingerprint density at radius 2 is 2.00 bits per heavy atom. The summed E-state index contributed by atoms with van der Waals surface area (Å²) in [4.78, 5) is 42.5. The molecule has 0 fully saturated rings. The number of rotatable bonds is 9. The van der Waals surface area contributed by atoms with Crippen LogP contribution >= 0.6 is 0 Å². The second-order valence-corrected chi connectivity index (χ2v) is 6.12. The number of amides is 2. The van der Waals surface area contributed by atoms with Crippen LogP contribution in [0.25, 0.3) is 10.9 Å². The van der Waals surface area contributed by atoms with E-state index in [0.717, 1.165) is 19.4 Å². The van der Waals surface area contributed by atoms with Gasteiger partial charge in [0, 0.05) is 26.1 Å². The highest BCUT2D eigenvalue weighted by Gasteiger charge is 2.12. The smallest absolute Gasteiger partial charge is 0.261 e. The predicted octanol–water partition coefficient (Wildman–Crippen LogP) is 1.55. The maximum absolute atomic E-state index is 12.4. The van der Waals surface area contributed by atoms with E-state index in [4.69, 9.17) is 0 Å². The van der Waals surface area contributed by atoms with E-state index in [9.17, 15) is 14.4 Å². The Kier molecular flexibility index (Phi) is 7.32. The van der Waals surface area contributed by atoms with Crippen molar-refractivity contribution in [2.75, 3.05) is 19.6 Å². The third-order valence-corrected chi connectivity index (χ3v) is 4.22. The third kappa shape index (κ3) is 5.15. The minimum Gasteiger partial charge on any atom is -0.354 e. The van der Waals surface area contributed by atoms with Crippen LogP contribution in [-0.4, -0.2) is 45.9 Å². The number of nitrogens with one attached hydrogen (secondary N) is 1. The van der Waals surface area contributed by atoms with Gasteiger partial charge in [0.1, 0.15) is 6.54 Å². The van der Waals surface area contributed by atoms with E-state index in [1.54, 1.807) is 23.1 Å². The Hall–Kier alpha value is -2.70. The highest BCUT2D eigenvalue weighted by molar-refractivity contribution is 5.80. The van der Waals surface area contributed by atoms with Crippen LogP contribution in [0.3, 0.4) is 0 Å². The molecule has 26 heavy (non-hydrogen) atoms. The van der Waals surface area contributed by atoms with Crippen LogP contribution in [0.1, 0.15) is 33.1 Å². The second kappa shape index (κ2) is 9.70. The van der Waals surface area contributed by atoms with Gasteiger partial charge in [0.25, 0.3) is 5.56 Å². The number of carbonyl (C=O) groups is 2. The Balaban J connectivity index is 1.86. The summed E-state index contributed by atoms with van der Waals surface area (Å²) in [7, 11) is 0. The van der Waals surface area contributed by atoms with Gasteiger partial charge in [-0.05, 0) is 25.5 Å². The van der Waals surface area contributed by atoms with Crippen LogP contribution < -0.4 is 10.9 Å². The van der Waals surface area contributed by atoms with Crippen LogP contribution in [0, 0.1) is 0 Å². The first kappa shape index (κ1) is 19.6. The minimum absolute atomic E-state index is 0.0331. The van der Waals surface area contributed by atoms with Crippen molar-refractivity contribution in [2.45, 2.75) is 39.7 Å². The maximum atomic E-state index is 12.4. The molecule has 7 heteroatoms. The molecule has 7 nitrogen and oxygen atoms in total. The van der Waals surface area contributed by atoms with Crippen molar-refractivity contribution in [2.24, 2.45) is 0 Å². The van der Waals surface area contributed by atoms with Crippen LogP contribution in [0.4, 0.5) is 0 Å². The van der Waals surface area contributed by atoms with Crippen LogP contribution in [-0.2, 0) is 16.1 Å². The molecule has 0 saturated carbocycles. The second-order valence-electron chi connectivity index (χ2n) is 6.12. The van der Waals surface area contributed by atoms with Gasteiger partial charge >= 0.3 is 0 Å². The number of nitrogens with zero attached hydrogens (tertiary/aromatic N) is 3. The Bertz CT molecular complexity index is 816. The highest BCUT2D eigenvalue weighted by Crippen LogP contribution is 2.04. The van der Waals surface area contributed by atoms with Crippen LogP contribution in [0.2, 0.25) is 0 Å². The lowest BCUT2D eigenvalue weighted by atomic mass is 10.2. The molecular formula is C19H26N4O3. The molecule has 2 aromatic rings. The monoisotopic (exact) mass is 358 g/mol. The van der Waals surface area contributed by atoms with Crippen molar-refractivity contribution >= 4 is 22.7 Å². The van der Waals surface area contributed by atoms with Crippen LogP contribution in [0.15, 0.2) is 35.4 Å². The Morgan fingerprint density at radius 1 is 1.23 bits per heavy atom. The molecule has 1 aromatic heterocycles. The summed E-state index contributed by atoms with van der Waals surface area (Å²) >= 11 is 0. The number of para-hydroxylation sites is 1. The molecule has 0 unspecified atom stereocenters. The summed E-state index contributed by atoms with van der Waals surface area (Å²) in [5.41, 5.74) is 0.352. The van der Waals surface area contributed by atoms with E-state index in [1.807, 2.05) is 13.0 Å². The zero-order valence-electron chi connectivity index (χ0n) is 15.4. The van der Waals surface area contributed by atoms with Gasteiger partial charge in [0.05, 0.1) is 17.2 Å². The van der Waals surface area contributed by atoms with Gasteiger partial charge in [-0.15, -0.1) is 0 Å². The summed E-state index contributed by atoms with van der Waals surface area (Å²) in [5, 5.41) is 3.18. The molecule has 0 aliphatic carbocycles. The number of aromatic nitrogens is 2. The average molecular weight is 358 g/mol. The standard InChI is InChI=1S/C19H26N4O3/c1-3-5-12-22(4-2)18(25)10-11-20-17(24)13-23-14-21-16-9-7-6-8-15(16)19(23)26/h6-9,14H,3-5,10-13H2,1-2H3,(H,20,24). The molecule has 0 aliphatic heterocycles. The number of hydrogen-bond donors (Lipinski definition) is 1. The van der Waals surface area contributed by atoms with Crippen molar-refractivity contribution in [1.29, 1.82) is 0 Å². The molecule has 1 aromatic carbocycles. The van der Waals surface area contributed by atoms with Crippen molar-refractivity contribution in [1.82, 2.24) is 19.8 Å². The van der Waals surface area contributed by atoms with Crippen molar-refractivity contribution in [3.8, 4) is 0 Å². The number of carbonyl (C=O) groups excluding carboxylic acids is 2. The molecule has 2 rings (SSSR count). The molecule has 0 aliphatic rings. The topological polar surface area (TPSA) is 84.3 Å². The van der Waals surface area contributed by atoms with E-state index < -0.39 is 0 Å². The van der Waals surface area contributed by atoms with E-state index >= 15 is 0 Å². The van der Waals surface area contributed by atoms with Crippen molar-refractivity contribution in [3.05, 3.63) is 40.9 Å². The first-order valence-electron chi connectivity index (χ1n) is 9.05. The van der Waals surface area contributed by atoms with Gasteiger partial charge in [-0.3, -0.25) is 19.0 Å². The van der Waals surface area contributed by atoms with Crippen molar-refractivity contribution in [3.63, 3.8) is 0 Å². The summed E-state index contributed by atoms with van der Waals surface area (Å²) in [6, 6.07) is 7.01. The van der Waals surface area contributed by atoms with E-state index in [-0.39, 0.29) is 36.9 Å². The summed E-state index contributed by atoms with van der Waals surface area (Å²) < 4.78 is 1.28. The van der Waals surface area contributed by atoms with E-state index in [2.05, 4.69) is 17.2 Å². The lowest BCUT2D eigenvalue weighted by Crippen LogP contribution is -2.37. The fourth-order valence-corrected chi connectivity index (χ4v) is 2.70. The van der Waals surface area contributed by atoms with Crippen LogP contribution in [0.5, 0.6) is 0 Å². The van der Waals surface area contributed by atoms with Gasteiger partial charge in [-0.25, -0.2) is 4.98 Å². The number of unbranched alkanes of at least 4 members (excludes halogenated alkanes) is 1. The molecule has 0 saturated heterocycles. The largest absolute Gasteiger partial charge is 0.354 e. The number of hydrogen-bond acceptors (Lipinski definition) is 4. The maximum Gasteiger partial charge on any atom is 0.261 e. The summed E-state index contributed by atoms with van der Waals surface area (Å²) in [6.45, 7) is 5.60. The predicted molar refractivity (Wildman–Crippen MR) is 101 cm³/mol. The number of fused-ring (bicyclic) bond motifs is 1. The molecule has 2 amide bonds. The molecule has 0 atom stereocenters. The fourth-order valence-electron chi connectivity index (χ4n) is 2.70. The lowest BCUT2D eigenvalue weighted by molar-refractivity contribution is -0.131. The van der Waals surface area contributed by atoms with Gasteiger partial charge < -0.3 is 10.2 Å². The van der Waals surface area contributed by atoms with Gasteiger partial charge in [-0.1, -0.05) is 25.5 Å². The number of benzene rings is 1. The van der Waals surface area contributed by atoms with Gasteiger partial charge in [0.2, 0.25) is 11.8 Å². The molecule has 0 bridgehead atoms. The molecular weight excluding hydrogens is 332 g/mol. The first-order chi connectivity index (χ1) is 12.6. The first-order valence-corrected chi connectivity index (χ1v) is 9.05. The van der Waals surface area contributed by atoms with Gasteiger partial charge in [-0.2, -0.15) is 0 Å². The zero-order chi connectivity index (χ0) is 18.9. The minimum atomic E-state index is -0.311. The third-order valence-electron chi connectivity index (χ3n) is 4.22. The normalized spacial score (nSPS) is 10.7. The molecule has 1 heterocycles. The summed E-state index contributed by atoms with van der Waals surface area (Å²) in [6.07, 6.45) is 3.64. The zero-order valence-corrected chi connectivity index (χ0v) is 15.4. The Morgan fingerprint density at radius 3 is 2.73 bits per heavy atom. The molecule has 0 spiro atoms. The molecule has 0 radical (unpaired) electrons. The fraction of sp³-hybridized carbons (Fsp3) is 0.474.